The number of phenols is 2. The summed E-state index contributed by atoms with van der Waals surface area (Å²) in [6.45, 7) is 1.88. The molecule has 0 fully saturated rings. The average molecular weight is 609 g/mol. The number of nitrogens with zero attached hydrogens (tertiary/aromatic N) is 2. The van der Waals surface area contributed by atoms with E-state index in [1.807, 2.05) is 24.3 Å². The van der Waals surface area contributed by atoms with E-state index in [4.69, 9.17) is 18.9 Å². The molecule has 0 radical (unpaired) electrons. The summed E-state index contributed by atoms with van der Waals surface area (Å²) in [5.74, 6) is 3.15. The Labute approximate surface area is 264 Å². The fourth-order valence-corrected chi connectivity index (χ4v) is 7.47. The zero-order valence-corrected chi connectivity index (χ0v) is 26.5. The summed E-state index contributed by atoms with van der Waals surface area (Å²) in [4.78, 5) is 4.72. The number of fused-ring (bicyclic) bond motifs is 3. The highest BCUT2D eigenvalue weighted by Gasteiger charge is 2.36. The van der Waals surface area contributed by atoms with Gasteiger partial charge in [-0.15, -0.1) is 0 Å². The molecular weight excluding hydrogens is 568 g/mol. The van der Waals surface area contributed by atoms with Gasteiger partial charge < -0.3 is 29.2 Å². The lowest BCUT2D eigenvalue weighted by Crippen LogP contribution is -2.35. The lowest BCUT2D eigenvalue weighted by molar-refractivity contribution is 0.226. The van der Waals surface area contributed by atoms with Gasteiger partial charge in [0.1, 0.15) is 5.75 Å². The zero-order chi connectivity index (χ0) is 31.4. The third-order valence-electron chi connectivity index (χ3n) is 9.90. The predicted octanol–water partition coefficient (Wildman–Crippen LogP) is 6.44. The molecule has 8 nitrogen and oxygen atoms in total. The SMILES string of the molecule is COc1cc2c(cc1OC)C(Cc1cccc(Oc3cc4c(cc3O)-c3c(O)c(OC)cc5c3C(C4)N(C)CC5)c1)N(C)CC2. The Bertz CT molecular complexity index is 1790. The van der Waals surface area contributed by atoms with Crippen molar-refractivity contribution >= 4 is 0 Å². The van der Waals surface area contributed by atoms with Crippen molar-refractivity contribution in [3.8, 4) is 51.4 Å². The van der Waals surface area contributed by atoms with E-state index in [1.54, 1.807) is 27.4 Å². The van der Waals surface area contributed by atoms with Crippen LogP contribution in [0.3, 0.4) is 0 Å². The van der Waals surface area contributed by atoms with E-state index in [0.717, 1.165) is 78.1 Å². The summed E-state index contributed by atoms with van der Waals surface area (Å²) in [7, 11) is 9.21. The molecule has 1 aliphatic carbocycles. The van der Waals surface area contributed by atoms with Gasteiger partial charge in [0.05, 0.1) is 21.3 Å². The summed E-state index contributed by atoms with van der Waals surface area (Å²) < 4.78 is 23.1. The van der Waals surface area contributed by atoms with Gasteiger partial charge in [-0.25, -0.2) is 0 Å². The molecule has 234 valence electrons. The number of methoxy groups -OCH3 is 3. The third kappa shape index (κ3) is 5.02. The minimum absolute atomic E-state index is 0.0275. The molecule has 7 rings (SSSR count). The molecule has 2 aliphatic heterocycles. The highest BCUT2D eigenvalue weighted by atomic mass is 16.5. The summed E-state index contributed by atoms with van der Waals surface area (Å²) in [5.41, 5.74) is 8.56. The number of likely N-dealkylation sites (N-methyl/N-ethyl adjacent to an activating group) is 2. The second-order valence-corrected chi connectivity index (χ2v) is 12.4. The Morgan fingerprint density at radius 3 is 2.22 bits per heavy atom. The van der Waals surface area contributed by atoms with Crippen molar-refractivity contribution in [3.05, 3.63) is 88.0 Å². The monoisotopic (exact) mass is 608 g/mol. The maximum atomic E-state index is 11.3. The van der Waals surface area contributed by atoms with Crippen molar-refractivity contribution in [2.75, 3.05) is 48.5 Å². The van der Waals surface area contributed by atoms with Crippen LogP contribution in [0, 0.1) is 0 Å². The lowest BCUT2D eigenvalue weighted by atomic mass is 9.76. The minimum Gasteiger partial charge on any atom is -0.504 e. The minimum atomic E-state index is 0.0275. The normalized spacial score (nSPS) is 18.9. The van der Waals surface area contributed by atoms with Crippen LogP contribution in [-0.4, -0.2) is 68.5 Å². The van der Waals surface area contributed by atoms with Gasteiger partial charge in [0.25, 0.3) is 0 Å². The van der Waals surface area contributed by atoms with Crippen LogP contribution in [0.4, 0.5) is 0 Å². The standard InChI is InChI=1S/C37H40N2O6/c1-38-11-9-22-16-32(42-3)33(43-4)20-26(22)28(38)14-21-7-6-8-25(13-21)45-31-18-24-15-29-35-23(10-12-39(29)2)17-34(44-5)37(41)36(35)27(24)19-30(31)40/h6-8,13,16-20,28-29,40-41H,9-12,14-15H2,1-5H3. The number of benzene rings is 4. The highest BCUT2D eigenvalue weighted by Crippen LogP contribution is 2.53. The Morgan fingerprint density at radius 1 is 0.756 bits per heavy atom. The first-order chi connectivity index (χ1) is 21.8. The van der Waals surface area contributed by atoms with Crippen molar-refractivity contribution in [2.45, 2.75) is 37.8 Å². The van der Waals surface area contributed by atoms with Gasteiger partial charge in [-0.2, -0.15) is 0 Å². The van der Waals surface area contributed by atoms with Crippen molar-refractivity contribution in [1.29, 1.82) is 0 Å². The number of phenolic OH excluding ortho intramolecular Hbond substituents is 2. The quantitative estimate of drug-likeness (QED) is 0.248. The van der Waals surface area contributed by atoms with Gasteiger partial charge >= 0.3 is 0 Å². The van der Waals surface area contributed by atoms with Gasteiger partial charge in [0.2, 0.25) is 0 Å². The Kier molecular flexibility index (Phi) is 7.50. The molecule has 0 saturated carbocycles. The molecular formula is C37H40N2O6. The fourth-order valence-electron chi connectivity index (χ4n) is 7.47. The Morgan fingerprint density at radius 2 is 1.44 bits per heavy atom. The van der Waals surface area contributed by atoms with Gasteiger partial charge in [0, 0.05) is 30.7 Å². The first-order valence-corrected chi connectivity index (χ1v) is 15.5. The van der Waals surface area contributed by atoms with E-state index < -0.39 is 0 Å². The van der Waals surface area contributed by atoms with E-state index in [-0.39, 0.29) is 23.6 Å². The largest absolute Gasteiger partial charge is 0.504 e. The smallest absolute Gasteiger partial charge is 0.169 e. The zero-order valence-electron chi connectivity index (χ0n) is 26.5. The van der Waals surface area contributed by atoms with Crippen LogP contribution in [0.15, 0.2) is 54.6 Å². The summed E-state index contributed by atoms with van der Waals surface area (Å²) >= 11 is 0. The molecule has 0 spiro atoms. The van der Waals surface area contributed by atoms with Crippen LogP contribution in [-0.2, 0) is 25.7 Å². The highest BCUT2D eigenvalue weighted by molar-refractivity contribution is 5.84. The van der Waals surface area contributed by atoms with Crippen LogP contribution in [0.1, 0.15) is 45.5 Å². The molecule has 2 atom stereocenters. The maximum Gasteiger partial charge on any atom is 0.169 e. The van der Waals surface area contributed by atoms with Crippen molar-refractivity contribution in [1.82, 2.24) is 9.80 Å². The molecule has 0 amide bonds. The molecule has 0 aromatic heterocycles. The van der Waals surface area contributed by atoms with Crippen LogP contribution in [0.2, 0.25) is 0 Å². The fraction of sp³-hybridized carbons (Fsp3) is 0.351. The molecule has 4 aromatic carbocycles. The van der Waals surface area contributed by atoms with Gasteiger partial charge in [0.15, 0.2) is 34.5 Å². The lowest BCUT2D eigenvalue weighted by Gasteiger charge is -2.40. The van der Waals surface area contributed by atoms with Crippen molar-refractivity contribution in [3.63, 3.8) is 0 Å². The summed E-state index contributed by atoms with van der Waals surface area (Å²) in [5, 5.41) is 22.5. The van der Waals surface area contributed by atoms with Crippen molar-refractivity contribution in [2.24, 2.45) is 0 Å². The van der Waals surface area contributed by atoms with E-state index in [1.165, 1.54) is 16.7 Å². The Balaban J connectivity index is 1.20. The number of ether oxygens (including phenoxy) is 4. The molecule has 2 N–H and O–H groups in total. The van der Waals surface area contributed by atoms with Gasteiger partial charge in [-0.05, 0) is 121 Å². The molecule has 45 heavy (non-hydrogen) atoms. The maximum absolute atomic E-state index is 11.3. The van der Waals surface area contributed by atoms with E-state index in [9.17, 15) is 10.2 Å². The van der Waals surface area contributed by atoms with Crippen molar-refractivity contribution < 1.29 is 29.2 Å². The molecule has 0 saturated heterocycles. The number of rotatable bonds is 7. The second-order valence-electron chi connectivity index (χ2n) is 12.4. The van der Waals surface area contributed by atoms with Crippen LogP contribution >= 0.6 is 0 Å². The molecule has 8 heteroatoms. The Hall–Kier alpha value is -4.40. The van der Waals surface area contributed by atoms with Gasteiger partial charge in [-0.1, -0.05) is 12.1 Å². The van der Waals surface area contributed by atoms with Crippen LogP contribution in [0.5, 0.6) is 40.2 Å². The second kappa shape index (κ2) is 11.5. The van der Waals surface area contributed by atoms with E-state index in [2.05, 4.69) is 48.2 Å². The van der Waals surface area contributed by atoms with E-state index in [0.29, 0.717) is 17.2 Å². The molecule has 3 aliphatic rings. The van der Waals surface area contributed by atoms with Crippen LogP contribution in [0.25, 0.3) is 11.1 Å². The molecule has 0 bridgehead atoms. The molecule has 2 unspecified atom stereocenters. The van der Waals surface area contributed by atoms with E-state index >= 15 is 0 Å². The first kappa shape index (κ1) is 29.3. The number of hydrogen-bond donors (Lipinski definition) is 2. The number of hydrogen-bond acceptors (Lipinski definition) is 8. The van der Waals surface area contributed by atoms with Gasteiger partial charge in [-0.3, -0.25) is 9.80 Å². The topological polar surface area (TPSA) is 83.9 Å². The number of aromatic hydroxyl groups is 2. The molecule has 2 heterocycles. The predicted molar refractivity (Wildman–Crippen MR) is 173 cm³/mol. The summed E-state index contributed by atoms with van der Waals surface area (Å²) in [6.07, 6.45) is 3.39. The van der Waals surface area contributed by atoms with Crippen LogP contribution < -0.4 is 18.9 Å². The average Bonchev–Trinajstić information content (AvgIpc) is 3.04. The first-order valence-electron chi connectivity index (χ1n) is 15.5. The molecule has 4 aromatic rings. The summed E-state index contributed by atoms with van der Waals surface area (Å²) in [6, 6.07) is 18.2. The third-order valence-corrected chi connectivity index (χ3v) is 9.90.